The third-order valence-corrected chi connectivity index (χ3v) is 5.75. The van der Waals surface area contributed by atoms with Crippen molar-refractivity contribution < 1.29 is 4.79 Å². The summed E-state index contributed by atoms with van der Waals surface area (Å²) in [7, 11) is 0. The summed E-state index contributed by atoms with van der Waals surface area (Å²) in [5.74, 6) is 0.0489. The van der Waals surface area contributed by atoms with E-state index in [1.165, 1.54) is 56.9 Å². The molecule has 2 aliphatic carbocycles. The second-order valence-corrected chi connectivity index (χ2v) is 7.46. The quantitative estimate of drug-likeness (QED) is 0.838. The van der Waals surface area contributed by atoms with Gasteiger partial charge in [0.15, 0.2) is 0 Å². The predicted molar refractivity (Wildman–Crippen MR) is 96.2 cm³/mol. The number of rotatable bonds is 3. The Hall–Kier alpha value is -1.84. The van der Waals surface area contributed by atoms with E-state index in [4.69, 9.17) is 0 Å². The lowest BCUT2D eigenvalue weighted by Crippen LogP contribution is -2.32. The Morgan fingerprint density at radius 2 is 1.71 bits per heavy atom. The van der Waals surface area contributed by atoms with Crippen molar-refractivity contribution in [2.75, 3.05) is 0 Å². The lowest BCUT2D eigenvalue weighted by atomic mass is 10.1. The fraction of sp³-hybridized carbons (Fsp3) is 0.600. The van der Waals surface area contributed by atoms with Gasteiger partial charge < -0.3 is 9.88 Å². The van der Waals surface area contributed by atoms with Gasteiger partial charge in [0, 0.05) is 17.6 Å². The van der Waals surface area contributed by atoms with Crippen LogP contribution in [0.3, 0.4) is 0 Å². The van der Waals surface area contributed by atoms with Crippen LogP contribution in [0.1, 0.15) is 80.6 Å². The second-order valence-electron chi connectivity index (χ2n) is 7.46. The molecular weight excluding hydrogens is 298 g/mol. The standard InChI is InChI=1S/C20H27N3O/c24-20(22-16-7-5-6-8-16)15-11-12-19-18(13-15)21-14-23(19)17-9-3-1-2-4-10-17/h11-14,16-17H,1-10H2,(H,22,24). The van der Waals surface area contributed by atoms with Crippen LogP contribution in [0.25, 0.3) is 11.0 Å². The molecule has 128 valence electrons. The SMILES string of the molecule is O=C(NC1CCCC1)c1ccc2c(c1)ncn2C1CCCCCC1. The van der Waals surface area contributed by atoms with Crippen LogP contribution < -0.4 is 5.32 Å². The van der Waals surface area contributed by atoms with Gasteiger partial charge in [0.1, 0.15) is 0 Å². The number of carbonyl (C=O) groups excluding carboxylic acids is 1. The zero-order valence-corrected chi connectivity index (χ0v) is 14.3. The zero-order valence-electron chi connectivity index (χ0n) is 14.3. The number of amides is 1. The van der Waals surface area contributed by atoms with Gasteiger partial charge in [-0.1, -0.05) is 38.5 Å². The molecule has 0 atom stereocenters. The molecule has 1 heterocycles. The van der Waals surface area contributed by atoms with Crippen LogP contribution in [0.5, 0.6) is 0 Å². The Balaban J connectivity index is 1.54. The summed E-state index contributed by atoms with van der Waals surface area (Å²) in [6, 6.07) is 6.91. The van der Waals surface area contributed by atoms with Crippen LogP contribution in [0.2, 0.25) is 0 Å². The van der Waals surface area contributed by atoms with Gasteiger partial charge in [-0.2, -0.15) is 0 Å². The fourth-order valence-corrected chi connectivity index (χ4v) is 4.34. The maximum atomic E-state index is 12.5. The summed E-state index contributed by atoms with van der Waals surface area (Å²) < 4.78 is 2.33. The minimum atomic E-state index is 0.0489. The van der Waals surface area contributed by atoms with Crippen LogP contribution >= 0.6 is 0 Å². The molecule has 1 aromatic carbocycles. The molecule has 0 aliphatic heterocycles. The van der Waals surface area contributed by atoms with E-state index in [0.29, 0.717) is 12.1 Å². The molecule has 4 rings (SSSR count). The molecule has 1 N–H and O–H groups in total. The first-order valence-corrected chi connectivity index (χ1v) is 9.59. The number of carbonyl (C=O) groups is 1. The summed E-state index contributed by atoms with van der Waals surface area (Å²) in [6.07, 6.45) is 14.5. The van der Waals surface area contributed by atoms with Gasteiger partial charge in [0.05, 0.1) is 17.4 Å². The highest BCUT2D eigenvalue weighted by molar-refractivity contribution is 5.97. The lowest BCUT2D eigenvalue weighted by Gasteiger charge is -2.17. The predicted octanol–water partition coefficient (Wildman–Crippen LogP) is 4.60. The van der Waals surface area contributed by atoms with Gasteiger partial charge in [-0.05, 0) is 43.9 Å². The third-order valence-electron chi connectivity index (χ3n) is 5.75. The van der Waals surface area contributed by atoms with Crippen molar-refractivity contribution >= 4 is 16.9 Å². The number of hydrogen-bond acceptors (Lipinski definition) is 2. The topological polar surface area (TPSA) is 46.9 Å². The van der Waals surface area contributed by atoms with Crippen molar-refractivity contribution in [2.24, 2.45) is 0 Å². The van der Waals surface area contributed by atoms with Gasteiger partial charge in [-0.3, -0.25) is 4.79 Å². The fourth-order valence-electron chi connectivity index (χ4n) is 4.34. The summed E-state index contributed by atoms with van der Waals surface area (Å²) in [5, 5.41) is 3.16. The molecule has 0 spiro atoms. The van der Waals surface area contributed by atoms with E-state index in [2.05, 4.69) is 20.9 Å². The van der Waals surface area contributed by atoms with Gasteiger partial charge in [-0.25, -0.2) is 4.98 Å². The summed E-state index contributed by atoms with van der Waals surface area (Å²) in [4.78, 5) is 17.0. The van der Waals surface area contributed by atoms with Gasteiger partial charge in [0.2, 0.25) is 0 Å². The first kappa shape index (κ1) is 15.7. The first-order valence-electron chi connectivity index (χ1n) is 9.59. The zero-order chi connectivity index (χ0) is 16.4. The van der Waals surface area contributed by atoms with E-state index >= 15 is 0 Å². The third kappa shape index (κ3) is 3.19. The van der Waals surface area contributed by atoms with Crippen LogP contribution in [-0.2, 0) is 0 Å². The lowest BCUT2D eigenvalue weighted by molar-refractivity contribution is 0.0938. The van der Waals surface area contributed by atoms with E-state index in [9.17, 15) is 4.79 Å². The van der Waals surface area contributed by atoms with E-state index < -0.39 is 0 Å². The molecule has 0 unspecified atom stereocenters. The summed E-state index contributed by atoms with van der Waals surface area (Å²) in [6.45, 7) is 0. The minimum absolute atomic E-state index is 0.0489. The average Bonchev–Trinajstić information content (AvgIpc) is 3.18. The molecule has 1 aromatic heterocycles. The summed E-state index contributed by atoms with van der Waals surface area (Å²) in [5.41, 5.74) is 2.85. The molecule has 0 bridgehead atoms. The van der Waals surface area contributed by atoms with E-state index in [1.54, 1.807) is 0 Å². The first-order chi connectivity index (χ1) is 11.8. The molecular formula is C20H27N3O. The number of imidazole rings is 1. The average molecular weight is 325 g/mol. The largest absolute Gasteiger partial charge is 0.349 e. The minimum Gasteiger partial charge on any atom is -0.349 e. The number of nitrogens with zero attached hydrogens (tertiary/aromatic N) is 2. The number of aromatic nitrogens is 2. The molecule has 4 heteroatoms. The van der Waals surface area contributed by atoms with Crippen molar-refractivity contribution in [1.29, 1.82) is 0 Å². The molecule has 0 radical (unpaired) electrons. The highest BCUT2D eigenvalue weighted by Crippen LogP contribution is 2.30. The normalized spacial score (nSPS) is 20.3. The van der Waals surface area contributed by atoms with Crippen LogP contribution in [0.4, 0.5) is 0 Å². The van der Waals surface area contributed by atoms with Crippen LogP contribution in [0.15, 0.2) is 24.5 Å². The van der Waals surface area contributed by atoms with E-state index in [0.717, 1.165) is 23.9 Å². The number of hydrogen-bond donors (Lipinski definition) is 1. The Labute approximate surface area is 143 Å². The maximum Gasteiger partial charge on any atom is 0.251 e. The van der Waals surface area contributed by atoms with E-state index in [-0.39, 0.29) is 5.91 Å². The van der Waals surface area contributed by atoms with Crippen LogP contribution in [-0.4, -0.2) is 21.5 Å². The molecule has 24 heavy (non-hydrogen) atoms. The number of nitrogens with one attached hydrogen (secondary N) is 1. The van der Waals surface area contributed by atoms with Crippen LogP contribution in [0, 0.1) is 0 Å². The Morgan fingerprint density at radius 1 is 1.00 bits per heavy atom. The molecule has 2 aromatic rings. The number of fused-ring (bicyclic) bond motifs is 1. The second kappa shape index (κ2) is 6.96. The molecule has 4 nitrogen and oxygen atoms in total. The smallest absolute Gasteiger partial charge is 0.251 e. The van der Waals surface area contributed by atoms with Crippen molar-refractivity contribution in [3.8, 4) is 0 Å². The highest BCUT2D eigenvalue weighted by atomic mass is 16.1. The monoisotopic (exact) mass is 325 g/mol. The summed E-state index contributed by atoms with van der Waals surface area (Å²) >= 11 is 0. The van der Waals surface area contributed by atoms with E-state index in [1.807, 2.05) is 18.5 Å². The van der Waals surface area contributed by atoms with Gasteiger partial charge >= 0.3 is 0 Å². The number of benzene rings is 1. The molecule has 2 aliphatic rings. The van der Waals surface area contributed by atoms with Crippen molar-refractivity contribution in [2.45, 2.75) is 76.3 Å². The molecule has 0 saturated heterocycles. The van der Waals surface area contributed by atoms with Crippen molar-refractivity contribution in [3.63, 3.8) is 0 Å². The highest BCUT2D eigenvalue weighted by Gasteiger charge is 2.20. The van der Waals surface area contributed by atoms with Gasteiger partial charge in [0.25, 0.3) is 5.91 Å². The van der Waals surface area contributed by atoms with Crippen molar-refractivity contribution in [3.05, 3.63) is 30.1 Å². The maximum absolute atomic E-state index is 12.5. The Morgan fingerprint density at radius 3 is 2.46 bits per heavy atom. The van der Waals surface area contributed by atoms with Gasteiger partial charge in [-0.15, -0.1) is 0 Å². The molecule has 2 saturated carbocycles. The Kier molecular flexibility index (Phi) is 4.54. The molecule has 2 fully saturated rings. The molecule has 1 amide bonds. The Bertz CT molecular complexity index is 707. The van der Waals surface area contributed by atoms with Crippen molar-refractivity contribution in [1.82, 2.24) is 14.9 Å².